The lowest BCUT2D eigenvalue weighted by Crippen LogP contribution is -2.31. The van der Waals surface area contributed by atoms with Crippen molar-refractivity contribution in [3.63, 3.8) is 0 Å². The third kappa shape index (κ3) is 5.96. The zero-order chi connectivity index (χ0) is 27.0. The summed E-state index contributed by atoms with van der Waals surface area (Å²) in [6.07, 6.45) is 7.71. The smallest absolute Gasteiger partial charge is 0.177 e. The van der Waals surface area contributed by atoms with Gasteiger partial charge >= 0.3 is 0 Å². The molecule has 0 unspecified atom stereocenters. The summed E-state index contributed by atoms with van der Waals surface area (Å²) in [6, 6.07) is 13.6. The SMILES string of the molecule is CC1=C=C(Nc2ccc(CCN(C)C)cc2)N=c2c(c(F)c(C3CC3)n2-c2cccc(N=S(C)(C)=O)n2)=C1. The van der Waals surface area contributed by atoms with Gasteiger partial charge in [0, 0.05) is 40.4 Å². The molecule has 0 radical (unpaired) electrons. The Hall–Kier alpha value is -3.52. The second kappa shape index (κ2) is 10.3. The molecule has 9 heteroatoms. The van der Waals surface area contributed by atoms with Crippen LogP contribution in [0.3, 0.4) is 0 Å². The highest BCUT2D eigenvalue weighted by molar-refractivity contribution is 7.92. The van der Waals surface area contributed by atoms with Crippen molar-refractivity contribution in [3.05, 3.63) is 87.4 Å². The molecule has 2 aromatic heterocycles. The lowest BCUT2D eigenvalue weighted by Gasteiger charge is -2.11. The van der Waals surface area contributed by atoms with Crippen LogP contribution in [0.5, 0.6) is 0 Å². The number of rotatable bonds is 8. The molecule has 2 aliphatic rings. The Balaban J connectivity index is 1.59. The number of likely N-dealkylation sites (N-methyl/N-ethyl adjacent to an activating group) is 1. The number of pyridine rings is 1. The average molecular weight is 533 g/mol. The largest absolute Gasteiger partial charge is 0.333 e. The molecule has 7 nitrogen and oxygen atoms in total. The molecule has 0 amide bonds. The first kappa shape index (κ1) is 26.1. The zero-order valence-corrected chi connectivity index (χ0v) is 23.3. The molecule has 1 saturated carbocycles. The highest BCUT2D eigenvalue weighted by atomic mass is 32.2. The highest BCUT2D eigenvalue weighted by Crippen LogP contribution is 2.41. The molecule has 1 N–H and O–H groups in total. The molecule has 0 saturated heterocycles. The molecule has 1 aliphatic heterocycles. The molecule has 38 heavy (non-hydrogen) atoms. The van der Waals surface area contributed by atoms with E-state index in [1.54, 1.807) is 35.3 Å². The predicted octanol–water partition coefficient (Wildman–Crippen LogP) is 4.26. The monoisotopic (exact) mass is 532 g/mol. The molecule has 3 aromatic rings. The standard InChI is InChI=1S/C29H33FN6OS/c1-19-17-23-27(30)28(21-11-12-21)36(26-8-6-7-24(32-26)34-38(4,5)37)29(23)33-25(18-19)31-22-13-9-20(10-14-22)15-16-35(2)3/h6-10,13-14,17,21,31H,11-12,15-16H2,1-5H3. The van der Waals surface area contributed by atoms with Gasteiger partial charge in [0.25, 0.3) is 0 Å². The lowest BCUT2D eigenvalue weighted by molar-refractivity contribution is 0.413. The van der Waals surface area contributed by atoms with E-state index in [1.807, 2.05) is 25.1 Å². The fraction of sp³-hybridized carbons (Fsp3) is 0.345. The van der Waals surface area contributed by atoms with E-state index in [-0.39, 0.29) is 11.7 Å². The van der Waals surface area contributed by atoms with Crippen LogP contribution < -0.4 is 16.0 Å². The van der Waals surface area contributed by atoms with Crippen LogP contribution in [0.1, 0.15) is 36.9 Å². The molecule has 198 valence electrons. The number of allylic oxidation sites excluding steroid dienone is 1. The number of anilines is 1. The summed E-state index contributed by atoms with van der Waals surface area (Å²) in [5.74, 6) is 1.16. The molecule has 1 aliphatic carbocycles. The van der Waals surface area contributed by atoms with Gasteiger partial charge in [0.15, 0.2) is 22.9 Å². The van der Waals surface area contributed by atoms with E-state index < -0.39 is 9.73 Å². The molecule has 1 aromatic carbocycles. The summed E-state index contributed by atoms with van der Waals surface area (Å²) in [7, 11) is 1.73. The maximum atomic E-state index is 15.9. The van der Waals surface area contributed by atoms with Crippen LogP contribution in [0.4, 0.5) is 15.9 Å². The topological polar surface area (TPSA) is 74.9 Å². The maximum absolute atomic E-state index is 15.9. The van der Waals surface area contributed by atoms with E-state index in [2.05, 4.69) is 51.5 Å². The van der Waals surface area contributed by atoms with Crippen molar-refractivity contribution < 1.29 is 8.60 Å². The van der Waals surface area contributed by atoms with Gasteiger partial charge in [0.1, 0.15) is 5.82 Å². The quantitative estimate of drug-likeness (QED) is 0.440. The van der Waals surface area contributed by atoms with Crippen molar-refractivity contribution in [2.24, 2.45) is 9.36 Å². The molecule has 5 rings (SSSR count). The summed E-state index contributed by atoms with van der Waals surface area (Å²) in [5, 5.41) is 3.78. The van der Waals surface area contributed by atoms with E-state index in [4.69, 9.17) is 4.99 Å². The number of aromatic nitrogens is 2. The van der Waals surface area contributed by atoms with Gasteiger partial charge in [-0.15, -0.1) is 0 Å². The molecular weight excluding hydrogens is 499 g/mol. The molecular formula is C29H33FN6OS. The van der Waals surface area contributed by atoms with Crippen LogP contribution in [0.25, 0.3) is 11.9 Å². The zero-order valence-electron chi connectivity index (χ0n) is 22.5. The van der Waals surface area contributed by atoms with Crippen molar-refractivity contribution in [3.8, 4) is 5.82 Å². The number of nitrogens with one attached hydrogen (secondary N) is 1. The van der Waals surface area contributed by atoms with Crippen molar-refractivity contribution in [2.75, 3.05) is 38.5 Å². The number of halogens is 1. The number of hydrogen-bond acceptors (Lipinski definition) is 6. The Labute approximate surface area is 223 Å². The number of hydrogen-bond donors (Lipinski definition) is 1. The van der Waals surface area contributed by atoms with Crippen molar-refractivity contribution in [1.29, 1.82) is 0 Å². The lowest BCUT2D eigenvalue weighted by atomic mass is 10.1. The van der Waals surface area contributed by atoms with E-state index in [0.717, 1.165) is 37.1 Å². The number of fused-ring (bicyclic) bond motifs is 1. The molecule has 1 fully saturated rings. The van der Waals surface area contributed by atoms with Crippen LogP contribution in [0.15, 0.2) is 68.9 Å². The molecule has 3 heterocycles. The van der Waals surface area contributed by atoms with Crippen LogP contribution >= 0.6 is 0 Å². The summed E-state index contributed by atoms with van der Waals surface area (Å²) in [4.78, 5) is 11.7. The van der Waals surface area contributed by atoms with E-state index in [0.29, 0.717) is 33.9 Å². The fourth-order valence-electron chi connectivity index (χ4n) is 4.45. The molecule has 0 atom stereocenters. The molecule has 0 spiro atoms. The maximum Gasteiger partial charge on any atom is 0.177 e. The van der Waals surface area contributed by atoms with E-state index >= 15 is 4.39 Å². The second-order valence-electron chi connectivity index (χ2n) is 10.5. The van der Waals surface area contributed by atoms with Crippen LogP contribution in [-0.4, -0.2) is 51.8 Å². The first-order chi connectivity index (χ1) is 18.1. The van der Waals surface area contributed by atoms with Gasteiger partial charge in [-0.1, -0.05) is 23.9 Å². The number of benzene rings is 1. The third-order valence-electron chi connectivity index (χ3n) is 6.34. The van der Waals surface area contributed by atoms with Crippen molar-refractivity contribution >= 4 is 27.3 Å². The minimum absolute atomic E-state index is 0.105. The van der Waals surface area contributed by atoms with Gasteiger partial charge < -0.3 is 10.2 Å². The van der Waals surface area contributed by atoms with Crippen LogP contribution in [-0.2, 0) is 16.1 Å². The Kier molecular flexibility index (Phi) is 7.09. The van der Waals surface area contributed by atoms with Gasteiger partial charge in [-0.25, -0.2) is 18.6 Å². The first-order valence-corrected chi connectivity index (χ1v) is 15.0. The van der Waals surface area contributed by atoms with Crippen molar-refractivity contribution in [1.82, 2.24) is 14.5 Å². The van der Waals surface area contributed by atoms with Crippen LogP contribution in [0, 0.1) is 5.82 Å². The van der Waals surface area contributed by atoms with Crippen LogP contribution in [0.2, 0.25) is 0 Å². The van der Waals surface area contributed by atoms with E-state index in [9.17, 15) is 4.21 Å². The Morgan fingerprint density at radius 2 is 1.92 bits per heavy atom. The second-order valence-corrected chi connectivity index (χ2v) is 13.0. The molecule has 0 bridgehead atoms. The minimum atomic E-state index is -2.40. The first-order valence-electron chi connectivity index (χ1n) is 12.7. The van der Waals surface area contributed by atoms with Gasteiger partial charge in [-0.3, -0.25) is 4.57 Å². The Morgan fingerprint density at radius 1 is 1.18 bits per heavy atom. The summed E-state index contributed by atoms with van der Waals surface area (Å²) >= 11 is 0. The Morgan fingerprint density at radius 3 is 2.58 bits per heavy atom. The summed E-state index contributed by atoms with van der Waals surface area (Å²) < 4.78 is 34.3. The average Bonchev–Trinajstić information content (AvgIpc) is 3.65. The Bertz CT molecular complexity index is 1690. The number of nitrogens with zero attached hydrogens (tertiary/aromatic N) is 5. The normalized spacial score (nSPS) is 15.1. The summed E-state index contributed by atoms with van der Waals surface area (Å²) in [6.45, 7) is 2.87. The van der Waals surface area contributed by atoms with Gasteiger partial charge in [0.05, 0.1) is 10.9 Å². The summed E-state index contributed by atoms with van der Waals surface area (Å²) in [5.41, 5.74) is 7.19. The van der Waals surface area contributed by atoms with Gasteiger partial charge in [-0.2, -0.15) is 4.36 Å². The predicted molar refractivity (Wildman–Crippen MR) is 151 cm³/mol. The fourth-order valence-corrected chi connectivity index (χ4v) is 5.00. The van der Waals surface area contributed by atoms with E-state index in [1.165, 1.54) is 5.56 Å². The van der Waals surface area contributed by atoms with Crippen molar-refractivity contribution in [2.45, 2.75) is 32.1 Å². The van der Waals surface area contributed by atoms with Gasteiger partial charge in [0.2, 0.25) is 0 Å². The van der Waals surface area contributed by atoms with Gasteiger partial charge in [-0.05, 0) is 81.8 Å². The highest BCUT2D eigenvalue weighted by Gasteiger charge is 2.33. The third-order valence-corrected chi connectivity index (χ3v) is 6.97. The minimum Gasteiger partial charge on any atom is -0.333 e.